The molecule has 1 saturated heterocycles. The van der Waals surface area contributed by atoms with Gasteiger partial charge in [0.25, 0.3) is 0 Å². The van der Waals surface area contributed by atoms with Gasteiger partial charge in [-0.2, -0.15) is 0 Å². The number of carbonyl (C=O) groups is 1. The molecule has 6 nitrogen and oxygen atoms in total. The third kappa shape index (κ3) is 2.27. The fourth-order valence-electron chi connectivity index (χ4n) is 1.77. The number of piperidine rings is 1. The maximum atomic E-state index is 10.6. The van der Waals surface area contributed by atoms with Crippen molar-refractivity contribution in [3.63, 3.8) is 0 Å². The summed E-state index contributed by atoms with van der Waals surface area (Å²) in [4.78, 5) is 12.5. The summed E-state index contributed by atoms with van der Waals surface area (Å²) in [5.41, 5.74) is -0.0682. The van der Waals surface area contributed by atoms with Crippen LogP contribution in [0.4, 0.5) is 5.82 Å². The molecule has 2 rings (SSSR count). The zero-order valence-corrected chi connectivity index (χ0v) is 8.70. The van der Waals surface area contributed by atoms with Crippen LogP contribution in [-0.2, 0) is 0 Å². The van der Waals surface area contributed by atoms with Crippen LogP contribution in [0.5, 0.6) is 0 Å². The minimum absolute atomic E-state index is 0.0682. The Morgan fingerprint density at radius 1 is 1.44 bits per heavy atom. The number of aliphatic hydroxyl groups is 1. The standard InChI is InChI=1S/C10H13N3O3/c14-7-2-1-5-13(6-7)9-4-3-8(10(15)16)11-12-9/h3-4,7,14H,1-2,5-6H2,(H,15,16)/t7-/m0/s1. The number of β-amino-alcohol motifs (C(OH)–C–C–N with tert-alkyl or cyclic N) is 1. The Kier molecular flexibility index (Phi) is 3.00. The number of aromatic carboxylic acids is 1. The molecule has 2 heterocycles. The van der Waals surface area contributed by atoms with E-state index in [4.69, 9.17) is 5.11 Å². The van der Waals surface area contributed by atoms with Crippen LogP contribution < -0.4 is 4.90 Å². The number of carboxylic acid groups (broad SMARTS) is 1. The zero-order valence-electron chi connectivity index (χ0n) is 8.70. The highest BCUT2D eigenvalue weighted by Crippen LogP contribution is 2.16. The van der Waals surface area contributed by atoms with Crippen LogP contribution in [0.2, 0.25) is 0 Å². The van der Waals surface area contributed by atoms with Crippen molar-refractivity contribution in [1.82, 2.24) is 10.2 Å². The molecule has 0 bridgehead atoms. The first-order valence-corrected chi connectivity index (χ1v) is 5.17. The molecule has 1 aliphatic heterocycles. The molecular weight excluding hydrogens is 210 g/mol. The van der Waals surface area contributed by atoms with E-state index < -0.39 is 5.97 Å². The molecule has 0 unspecified atom stereocenters. The number of anilines is 1. The Bertz CT molecular complexity index is 379. The molecule has 1 aliphatic rings. The van der Waals surface area contributed by atoms with Gasteiger partial charge in [-0.05, 0) is 25.0 Å². The number of hydrogen-bond acceptors (Lipinski definition) is 5. The normalized spacial score (nSPS) is 20.8. The van der Waals surface area contributed by atoms with Crippen molar-refractivity contribution >= 4 is 11.8 Å². The van der Waals surface area contributed by atoms with Gasteiger partial charge in [-0.15, -0.1) is 10.2 Å². The quantitative estimate of drug-likeness (QED) is 0.741. The van der Waals surface area contributed by atoms with Crippen LogP contribution in [0.3, 0.4) is 0 Å². The van der Waals surface area contributed by atoms with Gasteiger partial charge in [0.1, 0.15) is 0 Å². The van der Waals surface area contributed by atoms with Crippen LogP contribution >= 0.6 is 0 Å². The van der Waals surface area contributed by atoms with E-state index in [1.165, 1.54) is 6.07 Å². The van der Waals surface area contributed by atoms with Crippen LogP contribution in [0, 0.1) is 0 Å². The zero-order chi connectivity index (χ0) is 11.5. The third-order valence-corrected chi connectivity index (χ3v) is 2.59. The number of aliphatic hydroxyl groups excluding tert-OH is 1. The summed E-state index contributed by atoms with van der Waals surface area (Å²) in [5.74, 6) is -0.471. The van der Waals surface area contributed by atoms with Crippen molar-refractivity contribution in [1.29, 1.82) is 0 Å². The molecule has 2 N–H and O–H groups in total. The molecule has 1 aromatic heterocycles. The van der Waals surface area contributed by atoms with Crippen molar-refractivity contribution < 1.29 is 15.0 Å². The highest BCUT2D eigenvalue weighted by molar-refractivity contribution is 5.85. The van der Waals surface area contributed by atoms with Gasteiger partial charge < -0.3 is 15.1 Å². The molecule has 0 aromatic carbocycles. The second kappa shape index (κ2) is 4.44. The molecule has 1 atom stereocenters. The number of rotatable bonds is 2. The minimum Gasteiger partial charge on any atom is -0.476 e. The van der Waals surface area contributed by atoms with Gasteiger partial charge >= 0.3 is 5.97 Å². The Balaban J connectivity index is 2.11. The first-order chi connectivity index (χ1) is 7.66. The van der Waals surface area contributed by atoms with Crippen LogP contribution in [-0.4, -0.2) is 45.6 Å². The Hall–Kier alpha value is -1.69. The van der Waals surface area contributed by atoms with E-state index in [9.17, 15) is 9.90 Å². The monoisotopic (exact) mass is 223 g/mol. The second-order valence-electron chi connectivity index (χ2n) is 3.82. The molecule has 1 aromatic rings. The summed E-state index contributed by atoms with van der Waals surface area (Å²) in [6.07, 6.45) is 1.37. The molecule has 86 valence electrons. The van der Waals surface area contributed by atoms with E-state index in [0.717, 1.165) is 19.4 Å². The summed E-state index contributed by atoms with van der Waals surface area (Å²) in [6.45, 7) is 1.35. The lowest BCUT2D eigenvalue weighted by molar-refractivity contribution is 0.0689. The summed E-state index contributed by atoms with van der Waals surface area (Å²) in [5, 5.41) is 25.6. The summed E-state index contributed by atoms with van der Waals surface area (Å²) >= 11 is 0. The Morgan fingerprint density at radius 2 is 2.25 bits per heavy atom. The Morgan fingerprint density at radius 3 is 2.81 bits per heavy atom. The van der Waals surface area contributed by atoms with Crippen LogP contribution in [0.15, 0.2) is 12.1 Å². The smallest absolute Gasteiger partial charge is 0.356 e. The van der Waals surface area contributed by atoms with Gasteiger partial charge in [0.15, 0.2) is 11.5 Å². The molecular formula is C10H13N3O3. The van der Waals surface area contributed by atoms with Crippen molar-refractivity contribution in [3.05, 3.63) is 17.8 Å². The van der Waals surface area contributed by atoms with E-state index in [1.807, 2.05) is 4.90 Å². The lowest BCUT2D eigenvalue weighted by atomic mass is 10.1. The summed E-state index contributed by atoms with van der Waals surface area (Å²) < 4.78 is 0. The van der Waals surface area contributed by atoms with Gasteiger partial charge in [-0.25, -0.2) is 4.79 Å². The number of hydrogen-bond donors (Lipinski definition) is 2. The van der Waals surface area contributed by atoms with Crippen molar-refractivity contribution in [3.8, 4) is 0 Å². The molecule has 16 heavy (non-hydrogen) atoms. The van der Waals surface area contributed by atoms with E-state index >= 15 is 0 Å². The molecule has 0 spiro atoms. The number of carboxylic acids is 1. The maximum Gasteiger partial charge on any atom is 0.356 e. The molecule has 0 radical (unpaired) electrons. The van der Waals surface area contributed by atoms with Gasteiger partial charge in [-0.1, -0.05) is 0 Å². The summed E-state index contributed by atoms with van der Waals surface area (Å²) in [7, 11) is 0. The summed E-state index contributed by atoms with van der Waals surface area (Å²) in [6, 6.07) is 3.04. The average molecular weight is 223 g/mol. The average Bonchev–Trinajstić information content (AvgIpc) is 2.29. The minimum atomic E-state index is -1.09. The van der Waals surface area contributed by atoms with Crippen molar-refractivity contribution in [2.24, 2.45) is 0 Å². The van der Waals surface area contributed by atoms with Gasteiger partial charge in [0, 0.05) is 13.1 Å². The Labute approximate surface area is 92.5 Å². The predicted octanol–water partition coefficient (Wildman–Crippen LogP) is 0.136. The predicted molar refractivity (Wildman–Crippen MR) is 56.4 cm³/mol. The fraction of sp³-hybridized carbons (Fsp3) is 0.500. The first kappa shape index (κ1) is 10.8. The van der Waals surface area contributed by atoms with Gasteiger partial charge in [-0.3, -0.25) is 0 Å². The van der Waals surface area contributed by atoms with Gasteiger partial charge in [0.2, 0.25) is 0 Å². The molecule has 0 amide bonds. The van der Waals surface area contributed by atoms with E-state index in [-0.39, 0.29) is 11.8 Å². The molecule has 0 saturated carbocycles. The second-order valence-corrected chi connectivity index (χ2v) is 3.82. The van der Waals surface area contributed by atoms with E-state index in [2.05, 4.69) is 10.2 Å². The fourth-order valence-corrected chi connectivity index (χ4v) is 1.77. The third-order valence-electron chi connectivity index (χ3n) is 2.59. The van der Waals surface area contributed by atoms with Crippen LogP contribution in [0.25, 0.3) is 0 Å². The lowest BCUT2D eigenvalue weighted by Crippen LogP contribution is -2.38. The SMILES string of the molecule is O=C(O)c1ccc(N2CCC[C@H](O)C2)nn1. The van der Waals surface area contributed by atoms with Crippen molar-refractivity contribution in [2.45, 2.75) is 18.9 Å². The molecule has 6 heteroatoms. The first-order valence-electron chi connectivity index (χ1n) is 5.17. The number of aromatic nitrogens is 2. The van der Waals surface area contributed by atoms with Crippen molar-refractivity contribution in [2.75, 3.05) is 18.0 Å². The topological polar surface area (TPSA) is 86.5 Å². The lowest BCUT2D eigenvalue weighted by Gasteiger charge is -2.30. The highest BCUT2D eigenvalue weighted by atomic mass is 16.4. The van der Waals surface area contributed by atoms with E-state index in [0.29, 0.717) is 12.4 Å². The maximum absolute atomic E-state index is 10.6. The largest absolute Gasteiger partial charge is 0.476 e. The van der Waals surface area contributed by atoms with Crippen LogP contribution in [0.1, 0.15) is 23.3 Å². The van der Waals surface area contributed by atoms with E-state index in [1.54, 1.807) is 6.07 Å². The highest BCUT2D eigenvalue weighted by Gasteiger charge is 2.19. The molecule has 0 aliphatic carbocycles. The number of nitrogens with zero attached hydrogens (tertiary/aromatic N) is 3. The molecule has 1 fully saturated rings. The van der Waals surface area contributed by atoms with Gasteiger partial charge in [0.05, 0.1) is 6.10 Å².